The lowest BCUT2D eigenvalue weighted by Crippen LogP contribution is -2.36. The molecule has 1 saturated heterocycles. The highest BCUT2D eigenvalue weighted by Gasteiger charge is 2.27. The van der Waals surface area contributed by atoms with Crippen LogP contribution in [0.15, 0.2) is 12.1 Å². The number of nitrogens with zero attached hydrogens (tertiary/aromatic N) is 1. The van der Waals surface area contributed by atoms with Gasteiger partial charge in [-0.2, -0.15) is 0 Å². The predicted molar refractivity (Wildman–Crippen MR) is 93.0 cm³/mol. The fraction of sp³-hybridized carbons (Fsp3) is 0.533. The van der Waals surface area contributed by atoms with Gasteiger partial charge in [0.1, 0.15) is 12.2 Å². The van der Waals surface area contributed by atoms with E-state index < -0.39 is 10.8 Å². The number of carbonyl (C=O) groups excluding carboxylic acids is 1. The van der Waals surface area contributed by atoms with Gasteiger partial charge in [-0.05, 0) is 13.0 Å². The second-order valence-corrected chi connectivity index (χ2v) is 5.28. The lowest BCUT2D eigenvalue weighted by Gasteiger charge is -2.14. The van der Waals surface area contributed by atoms with Gasteiger partial charge in [-0.15, -0.1) is 12.4 Å². The molecular weight excluding hydrogens is 354 g/mol. The zero-order chi connectivity index (χ0) is 17.5. The summed E-state index contributed by atoms with van der Waals surface area (Å²) in [5.41, 5.74) is -0.380. The highest BCUT2D eigenvalue weighted by molar-refractivity contribution is 5.99. The van der Waals surface area contributed by atoms with Crippen LogP contribution in [0.3, 0.4) is 0 Å². The number of halogens is 1. The Morgan fingerprint density at radius 3 is 2.68 bits per heavy atom. The Morgan fingerprint density at radius 1 is 1.36 bits per heavy atom. The van der Waals surface area contributed by atoms with Crippen LogP contribution < -0.4 is 20.1 Å². The van der Waals surface area contributed by atoms with Crippen LogP contribution in [-0.2, 0) is 4.74 Å². The molecule has 1 aliphatic rings. The molecule has 0 saturated carbocycles. The minimum Gasteiger partial charge on any atom is -0.493 e. The average Bonchev–Trinajstić information content (AvgIpc) is 3.07. The van der Waals surface area contributed by atoms with Crippen molar-refractivity contribution in [1.82, 2.24) is 10.6 Å². The number of amides is 1. The third-order valence-electron chi connectivity index (χ3n) is 3.66. The summed E-state index contributed by atoms with van der Waals surface area (Å²) in [5, 5.41) is 17.3. The lowest BCUT2D eigenvalue weighted by atomic mass is 10.1. The van der Waals surface area contributed by atoms with Gasteiger partial charge in [0, 0.05) is 25.8 Å². The molecule has 0 aromatic heterocycles. The quantitative estimate of drug-likeness (QED) is 0.398. The van der Waals surface area contributed by atoms with Crippen LogP contribution in [0.25, 0.3) is 0 Å². The summed E-state index contributed by atoms with van der Waals surface area (Å²) in [4.78, 5) is 23.1. The molecule has 1 aromatic rings. The number of rotatable bonds is 8. The second-order valence-electron chi connectivity index (χ2n) is 5.28. The molecule has 9 nitrogen and oxygen atoms in total. The molecule has 1 heterocycles. The average molecular weight is 376 g/mol. The summed E-state index contributed by atoms with van der Waals surface area (Å²) in [6.45, 7) is 1.99. The minimum atomic E-state index is -0.607. The molecule has 1 fully saturated rings. The number of nitro benzene ring substituents is 1. The highest BCUT2D eigenvalue weighted by Crippen LogP contribution is 2.34. The van der Waals surface area contributed by atoms with Crippen molar-refractivity contribution in [3.05, 3.63) is 27.8 Å². The molecule has 0 spiro atoms. The van der Waals surface area contributed by atoms with Crippen LogP contribution in [0.2, 0.25) is 0 Å². The normalized spacial score (nSPS) is 16.0. The van der Waals surface area contributed by atoms with Crippen LogP contribution in [0.1, 0.15) is 16.8 Å². The molecule has 0 aliphatic carbocycles. The SMILES string of the molecule is COCCOc1cc([N+](=O)[O-])c(C(=O)NC2CCNC2)cc1OC.Cl. The van der Waals surface area contributed by atoms with Crippen molar-refractivity contribution in [3.63, 3.8) is 0 Å². The van der Waals surface area contributed by atoms with Gasteiger partial charge in [-0.3, -0.25) is 14.9 Å². The van der Waals surface area contributed by atoms with E-state index in [9.17, 15) is 14.9 Å². The van der Waals surface area contributed by atoms with E-state index in [-0.39, 0.29) is 47.8 Å². The summed E-state index contributed by atoms with van der Waals surface area (Å²) in [7, 11) is 2.93. The minimum absolute atomic E-state index is 0. The van der Waals surface area contributed by atoms with Crippen LogP contribution in [0.5, 0.6) is 11.5 Å². The highest BCUT2D eigenvalue weighted by atomic mass is 35.5. The molecule has 0 bridgehead atoms. The van der Waals surface area contributed by atoms with Gasteiger partial charge in [0.25, 0.3) is 11.6 Å². The second kappa shape index (κ2) is 10.0. The summed E-state index contributed by atoms with van der Waals surface area (Å²) in [6, 6.07) is 2.50. The summed E-state index contributed by atoms with van der Waals surface area (Å²) < 4.78 is 15.5. The van der Waals surface area contributed by atoms with Crippen molar-refractivity contribution in [2.24, 2.45) is 0 Å². The van der Waals surface area contributed by atoms with E-state index in [1.165, 1.54) is 26.4 Å². The Hall–Kier alpha value is -2.10. The molecule has 1 aliphatic heterocycles. The molecule has 140 valence electrons. The number of ether oxygens (including phenoxy) is 3. The Kier molecular flexibility index (Phi) is 8.39. The first kappa shape index (κ1) is 20.9. The Bertz CT molecular complexity index is 607. The molecule has 1 atom stereocenters. The zero-order valence-corrected chi connectivity index (χ0v) is 14.9. The standard InChI is InChI=1S/C15H21N3O6.ClH/c1-22-5-6-24-14-8-12(18(20)21)11(7-13(14)23-2)15(19)17-10-3-4-16-9-10;/h7-8,10,16H,3-6,9H2,1-2H3,(H,17,19);1H. The Balaban J connectivity index is 0.00000312. The third-order valence-corrected chi connectivity index (χ3v) is 3.66. The molecule has 1 aromatic carbocycles. The first-order valence-electron chi connectivity index (χ1n) is 7.56. The van der Waals surface area contributed by atoms with Crippen molar-refractivity contribution >= 4 is 24.0 Å². The summed E-state index contributed by atoms with van der Waals surface area (Å²) in [6.07, 6.45) is 0.787. The van der Waals surface area contributed by atoms with Crippen LogP contribution in [-0.4, -0.2) is 57.4 Å². The maximum absolute atomic E-state index is 12.4. The number of hydrogen-bond acceptors (Lipinski definition) is 7. The van der Waals surface area contributed by atoms with Gasteiger partial charge in [0.2, 0.25) is 0 Å². The zero-order valence-electron chi connectivity index (χ0n) is 14.1. The maximum Gasteiger partial charge on any atom is 0.286 e. The summed E-state index contributed by atoms with van der Waals surface area (Å²) in [5.74, 6) is -0.0520. The first-order chi connectivity index (χ1) is 11.6. The Morgan fingerprint density at radius 2 is 2.12 bits per heavy atom. The summed E-state index contributed by atoms with van der Waals surface area (Å²) >= 11 is 0. The van der Waals surface area contributed by atoms with Gasteiger partial charge in [0.05, 0.1) is 24.7 Å². The fourth-order valence-electron chi connectivity index (χ4n) is 2.43. The number of nitrogens with one attached hydrogen (secondary N) is 2. The van der Waals surface area contributed by atoms with Crippen molar-refractivity contribution in [2.45, 2.75) is 12.5 Å². The lowest BCUT2D eigenvalue weighted by molar-refractivity contribution is -0.385. The van der Waals surface area contributed by atoms with Crippen molar-refractivity contribution in [2.75, 3.05) is 40.5 Å². The van der Waals surface area contributed by atoms with E-state index >= 15 is 0 Å². The van der Waals surface area contributed by atoms with Gasteiger partial charge in [-0.25, -0.2) is 0 Å². The van der Waals surface area contributed by atoms with Gasteiger partial charge in [0.15, 0.2) is 11.5 Å². The van der Waals surface area contributed by atoms with Crippen molar-refractivity contribution in [1.29, 1.82) is 0 Å². The van der Waals surface area contributed by atoms with E-state index in [0.29, 0.717) is 13.2 Å². The first-order valence-corrected chi connectivity index (χ1v) is 7.56. The number of carbonyl (C=O) groups is 1. The maximum atomic E-state index is 12.4. The molecular formula is C15H22ClN3O6. The van der Waals surface area contributed by atoms with Gasteiger partial charge < -0.3 is 24.8 Å². The molecule has 1 unspecified atom stereocenters. The number of benzene rings is 1. The molecule has 10 heteroatoms. The Labute approximate surface area is 151 Å². The number of methoxy groups -OCH3 is 2. The van der Waals surface area contributed by atoms with E-state index in [1.807, 2.05) is 0 Å². The molecule has 2 rings (SSSR count). The molecule has 0 radical (unpaired) electrons. The van der Waals surface area contributed by atoms with E-state index in [0.717, 1.165) is 13.0 Å². The fourth-order valence-corrected chi connectivity index (χ4v) is 2.43. The van der Waals surface area contributed by atoms with Crippen LogP contribution in [0, 0.1) is 10.1 Å². The van der Waals surface area contributed by atoms with Crippen LogP contribution in [0.4, 0.5) is 5.69 Å². The monoisotopic (exact) mass is 375 g/mol. The van der Waals surface area contributed by atoms with E-state index in [4.69, 9.17) is 14.2 Å². The third kappa shape index (κ3) is 5.45. The van der Waals surface area contributed by atoms with E-state index in [2.05, 4.69) is 10.6 Å². The van der Waals surface area contributed by atoms with Gasteiger partial charge in [-0.1, -0.05) is 0 Å². The number of hydrogen-bond donors (Lipinski definition) is 2. The molecule has 1 amide bonds. The topological polar surface area (TPSA) is 112 Å². The van der Waals surface area contributed by atoms with Crippen molar-refractivity contribution in [3.8, 4) is 11.5 Å². The molecule has 2 N–H and O–H groups in total. The number of nitro groups is 1. The molecule has 25 heavy (non-hydrogen) atoms. The van der Waals surface area contributed by atoms with Crippen molar-refractivity contribution < 1.29 is 23.9 Å². The largest absolute Gasteiger partial charge is 0.493 e. The van der Waals surface area contributed by atoms with Crippen LogP contribution >= 0.6 is 12.4 Å². The smallest absolute Gasteiger partial charge is 0.286 e. The van der Waals surface area contributed by atoms with E-state index in [1.54, 1.807) is 0 Å². The van der Waals surface area contributed by atoms with Gasteiger partial charge >= 0.3 is 0 Å². The predicted octanol–water partition coefficient (Wildman–Crippen LogP) is 1.14.